The number of benzene rings is 1. The van der Waals surface area contributed by atoms with Gasteiger partial charge in [-0.2, -0.15) is 0 Å². The maximum atomic E-state index is 5.85. The van der Waals surface area contributed by atoms with Crippen molar-refractivity contribution in [2.45, 2.75) is 40.3 Å². The molecule has 0 fully saturated rings. The summed E-state index contributed by atoms with van der Waals surface area (Å²) in [5, 5.41) is 6.52. The molecule has 2 N–H and O–H groups in total. The molecule has 0 amide bonds. The van der Waals surface area contributed by atoms with Gasteiger partial charge in [-0.25, -0.2) is 4.99 Å². The fraction of sp³-hybridized carbons (Fsp3) is 0.421. The number of guanidine groups is 1. The van der Waals surface area contributed by atoms with Gasteiger partial charge in [0.2, 0.25) is 0 Å². The quantitative estimate of drug-likeness (QED) is 0.573. The second-order valence-electron chi connectivity index (χ2n) is 5.59. The summed E-state index contributed by atoms with van der Waals surface area (Å²) >= 11 is 0. The number of rotatable bonds is 8. The third-order valence-electron chi connectivity index (χ3n) is 3.45. The van der Waals surface area contributed by atoms with Crippen LogP contribution in [0.5, 0.6) is 5.75 Å². The second kappa shape index (κ2) is 9.65. The second-order valence-corrected chi connectivity index (χ2v) is 5.59. The van der Waals surface area contributed by atoms with Gasteiger partial charge < -0.3 is 19.8 Å². The first-order valence-electron chi connectivity index (χ1n) is 8.49. The van der Waals surface area contributed by atoms with E-state index in [1.807, 2.05) is 19.1 Å². The van der Waals surface area contributed by atoms with Gasteiger partial charge in [0.05, 0.1) is 26.0 Å². The van der Waals surface area contributed by atoms with Gasteiger partial charge in [-0.05, 0) is 44.0 Å². The average molecular weight is 329 g/mol. The Morgan fingerprint density at radius 3 is 2.79 bits per heavy atom. The highest BCUT2D eigenvalue weighted by molar-refractivity contribution is 5.79. The van der Waals surface area contributed by atoms with Crippen molar-refractivity contribution < 1.29 is 9.15 Å². The molecule has 0 aliphatic rings. The molecule has 1 heterocycles. The number of ether oxygens (including phenoxy) is 1. The molecule has 24 heavy (non-hydrogen) atoms. The zero-order valence-corrected chi connectivity index (χ0v) is 14.8. The van der Waals surface area contributed by atoms with Crippen LogP contribution in [0.4, 0.5) is 0 Å². The first kappa shape index (κ1) is 17.9. The van der Waals surface area contributed by atoms with Crippen molar-refractivity contribution in [2.24, 2.45) is 4.99 Å². The molecule has 1 aromatic carbocycles. The van der Waals surface area contributed by atoms with Crippen LogP contribution in [0.3, 0.4) is 0 Å². The predicted molar refractivity (Wildman–Crippen MR) is 97.3 cm³/mol. The standard InChI is InChI=1S/C19H27N3O2/c1-4-10-24-18-12-15(3)8-9-16(18)13-21-19(20-5-2)22-14-17-7-6-11-23-17/h6-9,11-12H,4-5,10,13-14H2,1-3H3,(H2,20,21,22). The zero-order chi connectivity index (χ0) is 17.2. The summed E-state index contributed by atoms with van der Waals surface area (Å²) in [4.78, 5) is 4.65. The van der Waals surface area contributed by atoms with E-state index in [-0.39, 0.29) is 0 Å². The molecule has 1 aromatic heterocycles. The topological polar surface area (TPSA) is 58.8 Å². The minimum Gasteiger partial charge on any atom is -0.493 e. The first-order chi connectivity index (χ1) is 11.7. The fourth-order valence-electron chi connectivity index (χ4n) is 2.23. The van der Waals surface area contributed by atoms with Gasteiger partial charge in [0.1, 0.15) is 11.5 Å². The molecular formula is C19H27N3O2. The molecule has 0 aliphatic carbocycles. The molecule has 0 unspecified atom stereocenters. The molecule has 0 saturated carbocycles. The summed E-state index contributed by atoms with van der Waals surface area (Å²) < 4.78 is 11.2. The van der Waals surface area contributed by atoms with Crippen LogP contribution in [0.1, 0.15) is 37.2 Å². The van der Waals surface area contributed by atoms with Crippen molar-refractivity contribution in [3.63, 3.8) is 0 Å². The third-order valence-corrected chi connectivity index (χ3v) is 3.45. The minimum absolute atomic E-state index is 0.562. The number of aliphatic imine (C=N–C) groups is 1. The van der Waals surface area contributed by atoms with E-state index >= 15 is 0 Å². The number of hydrogen-bond acceptors (Lipinski definition) is 3. The highest BCUT2D eigenvalue weighted by Gasteiger charge is 2.05. The predicted octanol–water partition coefficient (Wildman–Crippen LogP) is 3.63. The largest absolute Gasteiger partial charge is 0.493 e. The monoisotopic (exact) mass is 329 g/mol. The number of furan rings is 1. The molecule has 0 radical (unpaired) electrons. The van der Waals surface area contributed by atoms with Crippen LogP contribution >= 0.6 is 0 Å². The van der Waals surface area contributed by atoms with Crippen LogP contribution in [-0.2, 0) is 13.1 Å². The summed E-state index contributed by atoms with van der Waals surface area (Å²) in [6.45, 7) is 8.91. The number of nitrogens with one attached hydrogen (secondary N) is 2. The Balaban J connectivity index is 2.04. The third kappa shape index (κ3) is 5.65. The Kier molecular flexibility index (Phi) is 7.21. The molecular weight excluding hydrogens is 302 g/mol. The summed E-state index contributed by atoms with van der Waals surface area (Å²) in [6.07, 6.45) is 2.66. The number of aryl methyl sites for hydroxylation is 1. The van der Waals surface area contributed by atoms with Gasteiger partial charge in [-0.1, -0.05) is 19.1 Å². The molecule has 0 spiro atoms. The first-order valence-corrected chi connectivity index (χ1v) is 8.49. The summed E-state index contributed by atoms with van der Waals surface area (Å²) in [6, 6.07) is 10.1. The van der Waals surface area contributed by atoms with Gasteiger partial charge in [-0.3, -0.25) is 0 Å². The lowest BCUT2D eigenvalue weighted by Crippen LogP contribution is -2.36. The van der Waals surface area contributed by atoms with Crippen LogP contribution in [0, 0.1) is 6.92 Å². The van der Waals surface area contributed by atoms with Crippen molar-refractivity contribution in [3.8, 4) is 5.75 Å². The van der Waals surface area contributed by atoms with E-state index < -0.39 is 0 Å². The van der Waals surface area contributed by atoms with E-state index in [4.69, 9.17) is 9.15 Å². The van der Waals surface area contributed by atoms with E-state index in [2.05, 4.69) is 47.7 Å². The molecule has 0 bridgehead atoms. The van der Waals surface area contributed by atoms with Gasteiger partial charge in [0.15, 0.2) is 5.96 Å². The number of nitrogens with zero attached hydrogens (tertiary/aromatic N) is 1. The smallest absolute Gasteiger partial charge is 0.191 e. The van der Waals surface area contributed by atoms with Crippen LogP contribution in [0.25, 0.3) is 0 Å². The Labute approximate surface area is 144 Å². The highest BCUT2D eigenvalue weighted by Crippen LogP contribution is 2.21. The van der Waals surface area contributed by atoms with Crippen molar-refractivity contribution in [1.29, 1.82) is 0 Å². The van der Waals surface area contributed by atoms with Crippen molar-refractivity contribution in [3.05, 3.63) is 53.5 Å². The Bertz CT molecular complexity index is 636. The van der Waals surface area contributed by atoms with E-state index in [1.165, 1.54) is 5.56 Å². The minimum atomic E-state index is 0.562. The molecule has 2 rings (SSSR count). The van der Waals surface area contributed by atoms with Gasteiger partial charge in [-0.15, -0.1) is 0 Å². The molecule has 0 saturated heterocycles. The molecule has 0 atom stereocenters. The molecule has 0 aliphatic heterocycles. The van der Waals surface area contributed by atoms with E-state index in [1.54, 1.807) is 6.26 Å². The summed E-state index contributed by atoms with van der Waals surface area (Å²) in [7, 11) is 0. The summed E-state index contributed by atoms with van der Waals surface area (Å²) in [5.74, 6) is 2.56. The maximum Gasteiger partial charge on any atom is 0.191 e. The van der Waals surface area contributed by atoms with Crippen LogP contribution < -0.4 is 15.4 Å². The van der Waals surface area contributed by atoms with E-state index in [0.717, 1.165) is 42.6 Å². The lowest BCUT2D eigenvalue weighted by atomic mass is 10.1. The molecule has 2 aromatic rings. The zero-order valence-electron chi connectivity index (χ0n) is 14.8. The van der Waals surface area contributed by atoms with Crippen LogP contribution in [-0.4, -0.2) is 19.1 Å². The molecule has 5 heteroatoms. The highest BCUT2D eigenvalue weighted by atomic mass is 16.5. The maximum absolute atomic E-state index is 5.85. The van der Waals surface area contributed by atoms with E-state index in [0.29, 0.717) is 13.1 Å². The normalized spacial score (nSPS) is 11.4. The fourth-order valence-corrected chi connectivity index (χ4v) is 2.23. The van der Waals surface area contributed by atoms with Crippen molar-refractivity contribution >= 4 is 5.96 Å². The van der Waals surface area contributed by atoms with E-state index in [9.17, 15) is 0 Å². The van der Waals surface area contributed by atoms with Gasteiger partial charge >= 0.3 is 0 Å². The number of hydrogen-bond donors (Lipinski definition) is 2. The Morgan fingerprint density at radius 1 is 1.21 bits per heavy atom. The van der Waals surface area contributed by atoms with Crippen LogP contribution in [0.15, 0.2) is 46.0 Å². The summed E-state index contributed by atoms with van der Waals surface area (Å²) in [5.41, 5.74) is 2.28. The average Bonchev–Trinajstić information content (AvgIpc) is 3.10. The van der Waals surface area contributed by atoms with Gasteiger partial charge in [0, 0.05) is 12.1 Å². The van der Waals surface area contributed by atoms with Crippen molar-refractivity contribution in [1.82, 2.24) is 10.6 Å². The molecule has 5 nitrogen and oxygen atoms in total. The molecule has 130 valence electrons. The lowest BCUT2D eigenvalue weighted by Gasteiger charge is -2.13. The lowest BCUT2D eigenvalue weighted by molar-refractivity contribution is 0.314. The SMILES string of the molecule is CCCOc1cc(C)ccc1CN=C(NCC)NCc1ccco1. The Morgan fingerprint density at radius 2 is 2.08 bits per heavy atom. The van der Waals surface area contributed by atoms with Gasteiger partial charge in [0.25, 0.3) is 0 Å². The Hall–Kier alpha value is -2.43. The van der Waals surface area contributed by atoms with Crippen LogP contribution in [0.2, 0.25) is 0 Å². The van der Waals surface area contributed by atoms with Crippen molar-refractivity contribution in [2.75, 3.05) is 13.2 Å².